The number of hydrogen-bond donors (Lipinski definition) is 3. The minimum atomic E-state index is -0.273. The fraction of sp³-hybridized carbons (Fsp3) is 0.920. The van der Waals surface area contributed by atoms with E-state index in [0.717, 1.165) is 13.0 Å². The molecule has 0 amide bonds. The Kier molecular flexibility index (Phi) is 11.8. The summed E-state index contributed by atoms with van der Waals surface area (Å²) >= 11 is 0. The van der Waals surface area contributed by atoms with Gasteiger partial charge in [0.05, 0.1) is 12.1 Å². The second-order valence-electron chi connectivity index (χ2n) is 9.40. The largest absolute Gasteiger partial charge is 0.396 e. The third-order valence-electron chi connectivity index (χ3n) is 7.40. The molecule has 4 atom stereocenters. The molecule has 0 saturated heterocycles. The zero-order valence-corrected chi connectivity index (χ0v) is 18.5. The lowest BCUT2D eigenvalue weighted by Gasteiger charge is -2.41. The number of aliphatic hydroxyl groups excluding tert-OH is 2. The van der Waals surface area contributed by atoms with Gasteiger partial charge in [0.1, 0.15) is 0 Å². The summed E-state index contributed by atoms with van der Waals surface area (Å²) in [5.74, 6) is 1.02. The number of nitrogens with one attached hydrogen (secondary N) is 1. The van der Waals surface area contributed by atoms with Crippen LogP contribution in [-0.2, 0) is 0 Å². The van der Waals surface area contributed by atoms with E-state index in [4.69, 9.17) is 0 Å². The van der Waals surface area contributed by atoms with Gasteiger partial charge in [-0.3, -0.25) is 0 Å². The van der Waals surface area contributed by atoms with Crippen molar-refractivity contribution in [3.63, 3.8) is 0 Å². The molecule has 0 spiro atoms. The lowest BCUT2D eigenvalue weighted by molar-refractivity contribution is 0.0561. The fourth-order valence-electron chi connectivity index (χ4n) is 5.56. The predicted molar refractivity (Wildman–Crippen MR) is 119 cm³/mol. The lowest BCUT2D eigenvalue weighted by atomic mass is 9.76. The van der Waals surface area contributed by atoms with Gasteiger partial charge in [-0.1, -0.05) is 103 Å². The van der Waals surface area contributed by atoms with Crippen molar-refractivity contribution < 1.29 is 10.2 Å². The third-order valence-corrected chi connectivity index (χ3v) is 7.40. The molecular formula is C25H47NO2. The van der Waals surface area contributed by atoms with Crippen molar-refractivity contribution in [1.82, 2.24) is 5.32 Å². The first-order valence-corrected chi connectivity index (χ1v) is 12.4. The van der Waals surface area contributed by atoms with E-state index < -0.39 is 0 Å². The van der Waals surface area contributed by atoms with Crippen molar-refractivity contribution in [2.24, 2.45) is 17.8 Å². The molecule has 0 aromatic carbocycles. The quantitative estimate of drug-likeness (QED) is 0.210. The molecule has 2 bridgehead atoms. The second-order valence-corrected chi connectivity index (χ2v) is 9.40. The molecule has 2 aliphatic rings. The molecule has 0 unspecified atom stereocenters. The first-order chi connectivity index (χ1) is 13.8. The molecule has 0 heterocycles. The van der Waals surface area contributed by atoms with Crippen molar-refractivity contribution in [2.75, 3.05) is 19.8 Å². The number of fused-ring (bicyclic) bond motifs is 2. The highest BCUT2D eigenvalue weighted by Crippen LogP contribution is 2.50. The van der Waals surface area contributed by atoms with Gasteiger partial charge in [0.25, 0.3) is 0 Å². The van der Waals surface area contributed by atoms with Crippen LogP contribution in [0.3, 0.4) is 0 Å². The second kappa shape index (κ2) is 13.8. The average Bonchev–Trinajstić information content (AvgIpc) is 3.31. The fourth-order valence-corrected chi connectivity index (χ4v) is 5.56. The SMILES string of the molecule is CCCCCCCCCCCCCCCCN[C@@]1(CO)[C@H]2C=C[C@H](C2)[C@@H]1CO. The van der Waals surface area contributed by atoms with Crippen LogP contribution in [0.25, 0.3) is 0 Å². The maximum Gasteiger partial charge on any atom is 0.0622 e. The van der Waals surface area contributed by atoms with Gasteiger partial charge in [-0.2, -0.15) is 0 Å². The average molecular weight is 394 g/mol. The molecule has 0 aromatic heterocycles. The minimum absolute atomic E-state index is 0.141. The molecular weight excluding hydrogens is 346 g/mol. The van der Waals surface area contributed by atoms with Gasteiger partial charge in [-0.25, -0.2) is 0 Å². The van der Waals surface area contributed by atoms with E-state index in [1.54, 1.807) is 0 Å². The smallest absolute Gasteiger partial charge is 0.0622 e. The number of rotatable bonds is 18. The molecule has 0 aliphatic heterocycles. The zero-order valence-electron chi connectivity index (χ0n) is 18.5. The summed E-state index contributed by atoms with van der Waals surface area (Å²) < 4.78 is 0. The highest BCUT2D eigenvalue weighted by molar-refractivity contribution is 5.23. The van der Waals surface area contributed by atoms with Gasteiger partial charge in [0, 0.05) is 12.5 Å². The first-order valence-electron chi connectivity index (χ1n) is 12.4. The predicted octanol–water partition coefficient (Wildman–Crippen LogP) is 5.60. The van der Waals surface area contributed by atoms with Crippen molar-refractivity contribution in [2.45, 2.75) is 109 Å². The van der Waals surface area contributed by atoms with Gasteiger partial charge in [0.15, 0.2) is 0 Å². The Labute approximate surface area is 174 Å². The zero-order chi connectivity index (χ0) is 20.1. The standard InChI is InChI=1S/C25H47NO2/c1-2-3-4-5-6-7-8-9-10-11-12-13-14-15-18-26-25(21-28)23-17-16-22(19-23)24(25)20-27/h16-17,22-24,26-28H,2-15,18-21H2,1H3/t22-,23+,24+,25+/m1/s1. The van der Waals surface area contributed by atoms with Crippen LogP contribution >= 0.6 is 0 Å². The normalized spacial score (nSPS) is 28.5. The number of hydrogen-bond acceptors (Lipinski definition) is 3. The summed E-state index contributed by atoms with van der Waals surface area (Å²) in [4.78, 5) is 0. The molecule has 3 heteroatoms. The van der Waals surface area contributed by atoms with Gasteiger partial charge in [0.2, 0.25) is 0 Å². The summed E-state index contributed by atoms with van der Waals surface area (Å²) in [5, 5.41) is 23.5. The summed E-state index contributed by atoms with van der Waals surface area (Å²) in [5.41, 5.74) is -0.273. The van der Waals surface area contributed by atoms with Crippen LogP contribution in [0.5, 0.6) is 0 Å². The van der Waals surface area contributed by atoms with E-state index in [9.17, 15) is 10.2 Å². The topological polar surface area (TPSA) is 52.5 Å². The Morgan fingerprint density at radius 3 is 1.82 bits per heavy atom. The molecule has 3 N–H and O–H groups in total. The Morgan fingerprint density at radius 2 is 1.32 bits per heavy atom. The van der Waals surface area contributed by atoms with Gasteiger partial charge in [-0.05, 0) is 31.2 Å². The van der Waals surface area contributed by atoms with E-state index in [1.165, 1.54) is 89.9 Å². The summed E-state index contributed by atoms with van der Waals surface area (Å²) in [7, 11) is 0. The highest BCUT2D eigenvalue weighted by atomic mass is 16.3. The van der Waals surface area contributed by atoms with E-state index in [1.807, 2.05) is 0 Å². The molecule has 2 aliphatic carbocycles. The van der Waals surface area contributed by atoms with Crippen molar-refractivity contribution in [1.29, 1.82) is 0 Å². The molecule has 1 saturated carbocycles. The summed E-state index contributed by atoms with van der Waals surface area (Å²) in [6, 6.07) is 0. The maximum absolute atomic E-state index is 10.0. The van der Waals surface area contributed by atoms with E-state index in [0.29, 0.717) is 11.8 Å². The maximum atomic E-state index is 10.0. The van der Waals surface area contributed by atoms with Crippen LogP contribution in [0.2, 0.25) is 0 Å². The molecule has 0 radical (unpaired) electrons. The number of allylic oxidation sites excluding steroid dienone is 1. The molecule has 164 valence electrons. The van der Waals surface area contributed by atoms with E-state index in [2.05, 4.69) is 24.4 Å². The third kappa shape index (κ3) is 6.85. The highest BCUT2D eigenvalue weighted by Gasteiger charge is 2.54. The number of unbranched alkanes of at least 4 members (excludes halogenated alkanes) is 13. The van der Waals surface area contributed by atoms with Gasteiger partial charge in [-0.15, -0.1) is 0 Å². The lowest BCUT2D eigenvalue weighted by Crippen LogP contribution is -2.58. The molecule has 2 rings (SSSR count). The molecule has 28 heavy (non-hydrogen) atoms. The summed E-state index contributed by atoms with van der Waals surface area (Å²) in [6.07, 6.45) is 24.9. The van der Waals surface area contributed by atoms with Gasteiger partial charge >= 0.3 is 0 Å². The van der Waals surface area contributed by atoms with Gasteiger partial charge < -0.3 is 15.5 Å². The minimum Gasteiger partial charge on any atom is -0.396 e. The monoisotopic (exact) mass is 393 g/mol. The van der Waals surface area contributed by atoms with Crippen LogP contribution in [-0.4, -0.2) is 35.5 Å². The Bertz CT molecular complexity index is 425. The van der Waals surface area contributed by atoms with Crippen molar-refractivity contribution >= 4 is 0 Å². The van der Waals surface area contributed by atoms with E-state index in [-0.39, 0.29) is 24.7 Å². The van der Waals surface area contributed by atoms with Crippen molar-refractivity contribution in [3.8, 4) is 0 Å². The Hall–Kier alpha value is -0.380. The summed E-state index contributed by atoms with van der Waals surface area (Å²) in [6.45, 7) is 3.57. The molecule has 1 fully saturated rings. The van der Waals surface area contributed by atoms with Crippen LogP contribution < -0.4 is 5.32 Å². The van der Waals surface area contributed by atoms with Crippen LogP contribution in [0, 0.1) is 17.8 Å². The van der Waals surface area contributed by atoms with Crippen LogP contribution in [0.4, 0.5) is 0 Å². The number of aliphatic hydroxyl groups is 2. The molecule has 3 nitrogen and oxygen atoms in total. The Morgan fingerprint density at radius 1 is 0.786 bits per heavy atom. The molecule has 0 aromatic rings. The van der Waals surface area contributed by atoms with Crippen molar-refractivity contribution in [3.05, 3.63) is 12.2 Å². The first kappa shape index (κ1) is 23.9. The van der Waals surface area contributed by atoms with Crippen LogP contribution in [0.1, 0.15) is 103 Å². The van der Waals surface area contributed by atoms with Crippen LogP contribution in [0.15, 0.2) is 12.2 Å². The van der Waals surface area contributed by atoms with E-state index >= 15 is 0 Å². The Balaban J connectivity index is 1.41.